The molecule has 2 aromatic carbocycles. The van der Waals surface area contributed by atoms with Crippen molar-refractivity contribution < 1.29 is 18.3 Å². The number of nitrogens with two attached hydrogens (primary N) is 1. The van der Waals surface area contributed by atoms with Gasteiger partial charge < -0.3 is 19.8 Å². The lowest BCUT2D eigenvalue weighted by Gasteiger charge is -2.27. The van der Waals surface area contributed by atoms with Crippen LogP contribution in [0.3, 0.4) is 0 Å². The number of hydrogen-bond acceptors (Lipinski definition) is 7. The van der Waals surface area contributed by atoms with Crippen molar-refractivity contribution in [2.75, 3.05) is 31.2 Å². The van der Waals surface area contributed by atoms with Gasteiger partial charge in [0.2, 0.25) is 11.3 Å². The zero-order chi connectivity index (χ0) is 23.8. The zero-order valence-corrected chi connectivity index (χ0v) is 18.8. The first kappa shape index (κ1) is 22.0. The molecule has 4 aromatic rings. The lowest BCUT2D eigenvalue weighted by Crippen LogP contribution is -2.36. The summed E-state index contributed by atoms with van der Waals surface area (Å²) in [6.45, 7) is 2.44. The second-order valence-corrected chi connectivity index (χ2v) is 8.71. The van der Waals surface area contributed by atoms with Gasteiger partial charge in [-0.3, -0.25) is 15.0 Å². The third-order valence-corrected chi connectivity index (χ3v) is 6.74. The number of fused-ring (bicyclic) bond motifs is 1. The number of carbonyl (C=O) groups excluding carboxylic acids is 1. The summed E-state index contributed by atoms with van der Waals surface area (Å²) in [5, 5.41) is 10.3. The Morgan fingerprint density at radius 2 is 1.85 bits per heavy atom. The molecular formula is C25H20FN3O4S. The molecule has 1 saturated heterocycles. The van der Waals surface area contributed by atoms with Crippen molar-refractivity contribution in [1.82, 2.24) is 0 Å². The van der Waals surface area contributed by atoms with Crippen LogP contribution < -0.4 is 16.1 Å². The highest BCUT2D eigenvalue weighted by molar-refractivity contribution is 7.17. The maximum absolute atomic E-state index is 14.5. The van der Waals surface area contributed by atoms with Gasteiger partial charge in [-0.15, -0.1) is 11.3 Å². The summed E-state index contributed by atoms with van der Waals surface area (Å²) < 4.78 is 26.5. The molecule has 1 aliphatic rings. The van der Waals surface area contributed by atoms with Crippen LogP contribution in [0.4, 0.5) is 10.3 Å². The van der Waals surface area contributed by atoms with E-state index in [9.17, 15) is 14.0 Å². The average molecular weight is 478 g/mol. The van der Waals surface area contributed by atoms with Gasteiger partial charge in [0.25, 0.3) is 0 Å². The Balaban J connectivity index is 1.51. The van der Waals surface area contributed by atoms with Crippen LogP contribution in [0.15, 0.2) is 63.1 Å². The summed E-state index contributed by atoms with van der Waals surface area (Å²) in [6.07, 6.45) is 0. The van der Waals surface area contributed by atoms with Crippen molar-refractivity contribution in [3.63, 3.8) is 0 Å². The van der Waals surface area contributed by atoms with E-state index in [-0.39, 0.29) is 22.3 Å². The minimum absolute atomic E-state index is 0.0460. The topological polar surface area (TPSA) is 110 Å². The molecule has 0 saturated carbocycles. The number of morpholine rings is 1. The summed E-state index contributed by atoms with van der Waals surface area (Å²) in [7, 11) is 0. The summed E-state index contributed by atoms with van der Waals surface area (Å²) in [6, 6.07) is 12.4. The maximum Gasteiger partial charge on any atom is 0.249 e. The van der Waals surface area contributed by atoms with Crippen LogP contribution in [0, 0.1) is 11.2 Å². The zero-order valence-electron chi connectivity index (χ0n) is 18.0. The summed E-state index contributed by atoms with van der Waals surface area (Å²) >= 11 is 1.31. The van der Waals surface area contributed by atoms with E-state index in [1.165, 1.54) is 35.6 Å². The number of amides is 1. The van der Waals surface area contributed by atoms with Crippen molar-refractivity contribution in [2.45, 2.75) is 0 Å². The molecule has 5 rings (SSSR count). The number of benzene rings is 2. The average Bonchev–Trinajstić information content (AvgIpc) is 3.29. The van der Waals surface area contributed by atoms with Gasteiger partial charge in [-0.2, -0.15) is 0 Å². The molecule has 1 aliphatic heterocycles. The molecule has 7 nitrogen and oxygen atoms in total. The van der Waals surface area contributed by atoms with Gasteiger partial charge in [0.05, 0.1) is 24.5 Å². The van der Waals surface area contributed by atoms with Crippen LogP contribution in [-0.4, -0.2) is 37.9 Å². The molecule has 0 bridgehead atoms. The number of nitrogens with one attached hydrogen (secondary N) is 1. The Morgan fingerprint density at radius 3 is 2.56 bits per heavy atom. The number of thiophene rings is 1. The highest BCUT2D eigenvalue weighted by Crippen LogP contribution is 2.35. The van der Waals surface area contributed by atoms with Gasteiger partial charge in [-0.1, -0.05) is 30.3 Å². The molecule has 2 aromatic heterocycles. The molecule has 1 amide bonds. The van der Waals surface area contributed by atoms with Crippen molar-refractivity contribution in [1.29, 1.82) is 5.41 Å². The Morgan fingerprint density at radius 1 is 1.12 bits per heavy atom. The molecule has 0 radical (unpaired) electrons. The van der Waals surface area contributed by atoms with E-state index < -0.39 is 11.7 Å². The first-order valence-corrected chi connectivity index (χ1v) is 11.5. The van der Waals surface area contributed by atoms with E-state index in [4.69, 9.17) is 20.3 Å². The van der Waals surface area contributed by atoms with Crippen molar-refractivity contribution in [3.05, 3.63) is 86.6 Å². The summed E-state index contributed by atoms with van der Waals surface area (Å²) in [5.74, 6) is -0.976. The normalized spacial score (nSPS) is 13.9. The monoisotopic (exact) mass is 477 g/mol. The largest absolute Gasteiger partial charge is 0.439 e. The van der Waals surface area contributed by atoms with Crippen molar-refractivity contribution in [2.24, 2.45) is 5.73 Å². The molecule has 3 heterocycles. The van der Waals surface area contributed by atoms with Crippen LogP contribution >= 0.6 is 11.3 Å². The predicted octanol–water partition coefficient (Wildman–Crippen LogP) is 4.01. The minimum Gasteiger partial charge on any atom is -0.439 e. The Hall–Kier alpha value is -3.82. The van der Waals surface area contributed by atoms with Crippen molar-refractivity contribution >= 4 is 39.1 Å². The molecule has 172 valence electrons. The van der Waals surface area contributed by atoms with Gasteiger partial charge in [0, 0.05) is 41.2 Å². The van der Waals surface area contributed by atoms with E-state index in [0.717, 1.165) is 11.1 Å². The molecule has 9 heteroatoms. The number of anilines is 1. The van der Waals surface area contributed by atoms with Crippen LogP contribution in [0.2, 0.25) is 0 Å². The molecule has 1 fully saturated rings. The van der Waals surface area contributed by atoms with E-state index >= 15 is 0 Å². The third kappa shape index (κ3) is 3.89. The number of halogens is 1. The second kappa shape index (κ2) is 8.85. The fourth-order valence-corrected chi connectivity index (χ4v) is 4.93. The fourth-order valence-electron chi connectivity index (χ4n) is 4.01. The highest BCUT2D eigenvalue weighted by Gasteiger charge is 2.20. The van der Waals surface area contributed by atoms with Gasteiger partial charge in [0.15, 0.2) is 11.5 Å². The summed E-state index contributed by atoms with van der Waals surface area (Å²) in [4.78, 5) is 26.4. The van der Waals surface area contributed by atoms with Gasteiger partial charge in [-0.05, 0) is 17.7 Å². The van der Waals surface area contributed by atoms with E-state index in [0.29, 0.717) is 48.0 Å². The summed E-state index contributed by atoms with van der Waals surface area (Å²) in [5.41, 5.74) is 7.42. The number of rotatable bonds is 5. The molecule has 34 heavy (non-hydrogen) atoms. The SMILES string of the molecule is N=C(c1ccc(-c2csc3c(=O)cc(N4CCOCC4)oc23)cc1)c1c(F)cccc1C(N)=O. The number of ether oxygens (including phenoxy) is 1. The number of nitrogens with zero attached hydrogens (tertiary/aromatic N) is 1. The van der Waals surface area contributed by atoms with Crippen LogP contribution in [0.5, 0.6) is 0 Å². The Labute approximate surface area is 197 Å². The van der Waals surface area contributed by atoms with E-state index in [1.807, 2.05) is 10.3 Å². The molecule has 0 atom stereocenters. The molecule has 0 aliphatic carbocycles. The lowest BCUT2D eigenvalue weighted by atomic mass is 9.95. The van der Waals surface area contributed by atoms with Crippen molar-refractivity contribution in [3.8, 4) is 11.1 Å². The molecule has 0 unspecified atom stereocenters. The molecular weight excluding hydrogens is 457 g/mol. The Kier molecular flexibility index (Phi) is 5.72. The Bertz CT molecular complexity index is 1470. The van der Waals surface area contributed by atoms with E-state index in [2.05, 4.69) is 0 Å². The van der Waals surface area contributed by atoms with Crippen LogP contribution in [0.25, 0.3) is 21.4 Å². The van der Waals surface area contributed by atoms with Gasteiger partial charge >= 0.3 is 0 Å². The smallest absolute Gasteiger partial charge is 0.249 e. The fraction of sp³-hybridized carbons (Fsp3) is 0.160. The van der Waals surface area contributed by atoms with Gasteiger partial charge in [0.1, 0.15) is 10.5 Å². The molecule has 0 spiro atoms. The minimum atomic E-state index is -0.799. The maximum atomic E-state index is 14.5. The quantitative estimate of drug-likeness (QED) is 0.422. The number of carbonyl (C=O) groups is 1. The first-order chi connectivity index (χ1) is 16.4. The molecule has 3 N–H and O–H groups in total. The predicted molar refractivity (Wildman–Crippen MR) is 130 cm³/mol. The second-order valence-electron chi connectivity index (χ2n) is 7.83. The standard InChI is InChI=1S/C25H20FN3O4S/c26-18-3-1-2-16(25(28)31)21(18)22(27)15-6-4-14(5-7-15)17-13-34-24-19(30)12-20(33-23(17)24)29-8-10-32-11-9-29/h1-7,12-13,27H,8-11H2,(H2,28,31). The number of primary amides is 1. The lowest BCUT2D eigenvalue weighted by molar-refractivity contribution is 0.0999. The highest BCUT2D eigenvalue weighted by atomic mass is 32.1. The van der Waals surface area contributed by atoms with E-state index in [1.54, 1.807) is 24.3 Å². The number of hydrogen-bond donors (Lipinski definition) is 2. The third-order valence-electron chi connectivity index (χ3n) is 5.77. The van der Waals surface area contributed by atoms with Gasteiger partial charge in [-0.25, -0.2) is 4.39 Å². The first-order valence-electron chi connectivity index (χ1n) is 10.6. The van der Waals surface area contributed by atoms with Crippen LogP contribution in [0.1, 0.15) is 21.5 Å². The van der Waals surface area contributed by atoms with Crippen LogP contribution in [-0.2, 0) is 4.74 Å².